The van der Waals surface area contributed by atoms with Crippen molar-refractivity contribution in [3.63, 3.8) is 0 Å². The number of benzene rings is 1. The van der Waals surface area contributed by atoms with Gasteiger partial charge in [0.25, 0.3) is 5.91 Å². The summed E-state index contributed by atoms with van der Waals surface area (Å²) in [6.07, 6.45) is 2.53. The Morgan fingerprint density at radius 2 is 2.26 bits per heavy atom. The number of hydrogen-bond donors (Lipinski definition) is 0. The highest BCUT2D eigenvalue weighted by atomic mass is 16.2. The molecule has 0 bridgehead atoms. The first-order valence-corrected chi connectivity index (χ1v) is 7.12. The van der Waals surface area contributed by atoms with E-state index in [0.717, 1.165) is 30.3 Å². The lowest BCUT2D eigenvalue weighted by atomic mass is 10.0. The van der Waals surface area contributed by atoms with E-state index in [2.05, 4.69) is 6.92 Å². The van der Waals surface area contributed by atoms with E-state index in [0.29, 0.717) is 5.41 Å². The van der Waals surface area contributed by atoms with Gasteiger partial charge in [0.2, 0.25) is 0 Å². The number of nitrogens with zero attached hydrogens (tertiary/aromatic N) is 2. The molecule has 3 heteroatoms. The van der Waals surface area contributed by atoms with Gasteiger partial charge in [-0.2, -0.15) is 0 Å². The summed E-state index contributed by atoms with van der Waals surface area (Å²) in [5, 5.41) is 0. The van der Waals surface area contributed by atoms with Crippen LogP contribution in [0.4, 0.5) is 5.69 Å². The Morgan fingerprint density at radius 1 is 1.47 bits per heavy atom. The van der Waals surface area contributed by atoms with Gasteiger partial charge < -0.3 is 9.80 Å². The maximum Gasteiger partial charge on any atom is 0.253 e. The summed E-state index contributed by atoms with van der Waals surface area (Å²) in [5.41, 5.74) is 2.37. The van der Waals surface area contributed by atoms with Crippen molar-refractivity contribution in [2.45, 2.75) is 19.8 Å². The minimum absolute atomic E-state index is 0.198. The first-order valence-electron chi connectivity index (χ1n) is 7.12. The first-order chi connectivity index (χ1) is 9.05. The molecule has 2 aliphatic rings. The maximum atomic E-state index is 12.6. The molecular weight excluding hydrogens is 236 g/mol. The molecule has 1 saturated heterocycles. The molecular formula is C16H22N2O. The monoisotopic (exact) mass is 258 g/mol. The van der Waals surface area contributed by atoms with Gasteiger partial charge in [-0.15, -0.1) is 0 Å². The first kappa shape index (κ1) is 12.5. The maximum absolute atomic E-state index is 12.6. The van der Waals surface area contributed by atoms with Crippen LogP contribution >= 0.6 is 0 Å². The average Bonchev–Trinajstić information content (AvgIpc) is 3.00. The largest absolute Gasteiger partial charge is 0.378 e. The molecule has 2 atom stereocenters. The highest BCUT2D eigenvalue weighted by Gasteiger charge is 2.59. The molecule has 1 aromatic rings. The van der Waals surface area contributed by atoms with Crippen molar-refractivity contribution in [3.05, 3.63) is 29.8 Å². The summed E-state index contributed by atoms with van der Waals surface area (Å²) >= 11 is 0. The normalized spacial score (nSPS) is 28.2. The summed E-state index contributed by atoms with van der Waals surface area (Å²) in [4.78, 5) is 16.6. The van der Waals surface area contributed by atoms with E-state index in [1.165, 1.54) is 12.8 Å². The molecule has 3 rings (SSSR count). The Kier molecular flexibility index (Phi) is 2.80. The number of amides is 1. The molecule has 1 amide bonds. The van der Waals surface area contributed by atoms with Crippen LogP contribution in [-0.2, 0) is 0 Å². The second-order valence-electron chi connectivity index (χ2n) is 6.25. The molecule has 0 spiro atoms. The molecule has 2 unspecified atom stereocenters. The van der Waals surface area contributed by atoms with Crippen molar-refractivity contribution in [2.24, 2.45) is 11.3 Å². The van der Waals surface area contributed by atoms with Gasteiger partial charge in [-0.25, -0.2) is 0 Å². The number of carbonyl (C=O) groups is 1. The summed E-state index contributed by atoms with van der Waals surface area (Å²) in [7, 11) is 4.00. The highest BCUT2D eigenvalue weighted by molar-refractivity contribution is 5.95. The molecule has 1 aliphatic carbocycles. The van der Waals surface area contributed by atoms with Gasteiger partial charge in [-0.1, -0.05) is 13.0 Å². The predicted octanol–water partition coefficient (Wildman–Crippen LogP) is 2.62. The average molecular weight is 258 g/mol. The van der Waals surface area contributed by atoms with Crippen LogP contribution in [0.5, 0.6) is 0 Å². The molecule has 2 fully saturated rings. The second-order valence-corrected chi connectivity index (χ2v) is 6.25. The van der Waals surface area contributed by atoms with Gasteiger partial charge in [0.05, 0.1) is 0 Å². The number of anilines is 1. The van der Waals surface area contributed by atoms with Crippen molar-refractivity contribution in [1.82, 2.24) is 4.90 Å². The Labute approximate surface area is 115 Å². The third kappa shape index (κ3) is 2.01. The van der Waals surface area contributed by atoms with Crippen LogP contribution in [0.2, 0.25) is 0 Å². The van der Waals surface area contributed by atoms with Gasteiger partial charge in [0, 0.05) is 38.4 Å². The van der Waals surface area contributed by atoms with E-state index in [-0.39, 0.29) is 5.91 Å². The number of hydrogen-bond acceptors (Lipinski definition) is 2. The number of rotatable bonds is 3. The van der Waals surface area contributed by atoms with Crippen LogP contribution in [0, 0.1) is 11.3 Å². The van der Waals surface area contributed by atoms with Crippen LogP contribution in [0.1, 0.15) is 30.1 Å². The van der Waals surface area contributed by atoms with Crippen molar-refractivity contribution < 1.29 is 4.79 Å². The summed E-state index contributed by atoms with van der Waals surface area (Å²) in [6.45, 7) is 4.17. The third-order valence-electron chi connectivity index (χ3n) is 4.91. The van der Waals surface area contributed by atoms with Gasteiger partial charge >= 0.3 is 0 Å². The van der Waals surface area contributed by atoms with Crippen molar-refractivity contribution >= 4 is 11.6 Å². The Morgan fingerprint density at radius 3 is 2.89 bits per heavy atom. The fraction of sp³-hybridized carbons (Fsp3) is 0.562. The number of carbonyl (C=O) groups excluding carboxylic acids is 1. The van der Waals surface area contributed by atoms with Gasteiger partial charge in [-0.05, 0) is 42.4 Å². The highest BCUT2D eigenvalue weighted by Crippen LogP contribution is 2.60. The van der Waals surface area contributed by atoms with E-state index in [9.17, 15) is 4.79 Å². The zero-order valence-electron chi connectivity index (χ0n) is 12.0. The van der Waals surface area contributed by atoms with Crippen LogP contribution in [0.25, 0.3) is 0 Å². The summed E-state index contributed by atoms with van der Waals surface area (Å²) in [6, 6.07) is 7.92. The minimum atomic E-state index is 0.198. The van der Waals surface area contributed by atoms with Gasteiger partial charge in [-0.3, -0.25) is 4.79 Å². The van der Waals surface area contributed by atoms with Crippen LogP contribution in [0.3, 0.4) is 0 Å². The quantitative estimate of drug-likeness (QED) is 0.832. The number of fused-ring (bicyclic) bond motifs is 1. The molecule has 1 aliphatic heterocycles. The zero-order valence-corrected chi connectivity index (χ0v) is 12.0. The standard InChI is InChI=1S/C16H22N2O/c1-4-16-9-13(16)10-18(11-16)15(19)12-6-5-7-14(8-12)17(2)3/h5-8,13H,4,9-11H2,1-3H3. The third-order valence-corrected chi connectivity index (χ3v) is 4.91. The number of piperidine rings is 1. The Hall–Kier alpha value is -1.51. The minimum Gasteiger partial charge on any atom is -0.378 e. The molecule has 3 nitrogen and oxygen atoms in total. The molecule has 0 N–H and O–H groups in total. The van der Waals surface area contributed by atoms with E-state index >= 15 is 0 Å². The molecule has 0 aromatic heterocycles. The van der Waals surface area contributed by atoms with Crippen LogP contribution < -0.4 is 4.90 Å². The smallest absolute Gasteiger partial charge is 0.253 e. The van der Waals surface area contributed by atoms with Gasteiger partial charge in [0.15, 0.2) is 0 Å². The topological polar surface area (TPSA) is 23.6 Å². The molecule has 0 radical (unpaired) electrons. The van der Waals surface area contributed by atoms with E-state index in [1.807, 2.05) is 48.2 Å². The Bertz CT molecular complexity index is 507. The fourth-order valence-corrected chi connectivity index (χ4v) is 3.39. The molecule has 1 saturated carbocycles. The second kappa shape index (κ2) is 4.26. The molecule has 102 valence electrons. The van der Waals surface area contributed by atoms with E-state index in [1.54, 1.807) is 0 Å². The summed E-state index contributed by atoms with van der Waals surface area (Å²) in [5.74, 6) is 0.960. The van der Waals surface area contributed by atoms with Crippen molar-refractivity contribution in [2.75, 3.05) is 32.1 Å². The van der Waals surface area contributed by atoms with Crippen molar-refractivity contribution in [3.8, 4) is 0 Å². The van der Waals surface area contributed by atoms with Gasteiger partial charge in [0.1, 0.15) is 0 Å². The van der Waals surface area contributed by atoms with Crippen LogP contribution in [-0.4, -0.2) is 38.0 Å². The molecule has 1 heterocycles. The van der Waals surface area contributed by atoms with Crippen LogP contribution in [0.15, 0.2) is 24.3 Å². The van der Waals surface area contributed by atoms with E-state index < -0.39 is 0 Å². The lowest BCUT2D eigenvalue weighted by molar-refractivity contribution is 0.0764. The Balaban J connectivity index is 1.76. The molecule has 1 aromatic carbocycles. The molecule has 19 heavy (non-hydrogen) atoms. The lowest BCUT2D eigenvalue weighted by Crippen LogP contribution is -2.31. The lowest BCUT2D eigenvalue weighted by Gasteiger charge is -2.21. The summed E-state index contributed by atoms with van der Waals surface area (Å²) < 4.78 is 0. The van der Waals surface area contributed by atoms with Crippen molar-refractivity contribution in [1.29, 1.82) is 0 Å². The zero-order chi connectivity index (χ0) is 13.6. The fourth-order valence-electron chi connectivity index (χ4n) is 3.39. The van der Waals surface area contributed by atoms with E-state index in [4.69, 9.17) is 0 Å². The number of likely N-dealkylation sites (tertiary alicyclic amines) is 1. The SMILES string of the molecule is CCC12CC1CN(C(=O)c1cccc(N(C)C)c1)C2. The predicted molar refractivity (Wildman–Crippen MR) is 77.5 cm³/mol.